The molecular formula is C9H11FO2. The SMILES string of the molecule is OCC(F)COc1ccccc1. The largest absolute Gasteiger partial charge is 0.490 e. The van der Waals surface area contributed by atoms with Crippen molar-refractivity contribution in [2.24, 2.45) is 0 Å². The molecule has 0 amide bonds. The minimum absolute atomic E-state index is 0.0967. The lowest BCUT2D eigenvalue weighted by molar-refractivity contribution is 0.123. The molecule has 0 radical (unpaired) electrons. The fourth-order valence-corrected chi connectivity index (χ4v) is 0.756. The topological polar surface area (TPSA) is 29.5 Å². The first-order valence-electron chi connectivity index (χ1n) is 3.75. The van der Waals surface area contributed by atoms with Gasteiger partial charge in [-0.2, -0.15) is 0 Å². The molecule has 66 valence electrons. The van der Waals surface area contributed by atoms with Crippen molar-refractivity contribution in [1.29, 1.82) is 0 Å². The van der Waals surface area contributed by atoms with Crippen LogP contribution in [-0.2, 0) is 0 Å². The van der Waals surface area contributed by atoms with Crippen molar-refractivity contribution >= 4 is 0 Å². The molecule has 0 bridgehead atoms. The highest BCUT2D eigenvalue weighted by Crippen LogP contribution is 2.08. The molecule has 1 rings (SSSR count). The molecule has 0 heterocycles. The Morgan fingerprint density at radius 1 is 1.33 bits per heavy atom. The molecule has 0 aromatic heterocycles. The van der Waals surface area contributed by atoms with Crippen LogP contribution in [0.1, 0.15) is 0 Å². The number of ether oxygens (including phenoxy) is 1. The summed E-state index contributed by atoms with van der Waals surface area (Å²) in [4.78, 5) is 0. The monoisotopic (exact) mass is 170 g/mol. The number of rotatable bonds is 4. The molecule has 1 atom stereocenters. The fourth-order valence-electron chi connectivity index (χ4n) is 0.756. The van der Waals surface area contributed by atoms with Gasteiger partial charge in [-0.15, -0.1) is 0 Å². The molecule has 1 N–H and O–H groups in total. The third kappa shape index (κ3) is 2.88. The highest BCUT2D eigenvalue weighted by Gasteiger charge is 2.03. The quantitative estimate of drug-likeness (QED) is 0.740. The first-order chi connectivity index (χ1) is 5.83. The van der Waals surface area contributed by atoms with Gasteiger partial charge in [-0.3, -0.25) is 0 Å². The van der Waals surface area contributed by atoms with Gasteiger partial charge in [0.15, 0.2) is 6.17 Å². The number of benzene rings is 1. The predicted octanol–water partition coefficient (Wildman–Crippen LogP) is 1.40. The second-order valence-corrected chi connectivity index (χ2v) is 2.40. The molecule has 12 heavy (non-hydrogen) atoms. The molecule has 1 unspecified atom stereocenters. The van der Waals surface area contributed by atoms with Crippen LogP contribution in [0.2, 0.25) is 0 Å². The number of aliphatic hydroxyl groups excluding tert-OH is 1. The molecule has 0 aliphatic heterocycles. The van der Waals surface area contributed by atoms with Gasteiger partial charge in [-0.1, -0.05) is 18.2 Å². The molecule has 0 aliphatic rings. The van der Waals surface area contributed by atoms with E-state index in [4.69, 9.17) is 9.84 Å². The van der Waals surface area contributed by atoms with Gasteiger partial charge in [-0.25, -0.2) is 4.39 Å². The van der Waals surface area contributed by atoms with Gasteiger partial charge in [-0.05, 0) is 12.1 Å². The van der Waals surface area contributed by atoms with Crippen LogP contribution in [0.15, 0.2) is 30.3 Å². The van der Waals surface area contributed by atoms with Crippen LogP contribution >= 0.6 is 0 Å². The van der Waals surface area contributed by atoms with E-state index in [1.165, 1.54) is 0 Å². The zero-order valence-corrected chi connectivity index (χ0v) is 6.61. The second kappa shape index (κ2) is 4.72. The molecule has 0 saturated carbocycles. The summed E-state index contributed by atoms with van der Waals surface area (Å²) < 4.78 is 17.5. The van der Waals surface area contributed by atoms with E-state index in [1.807, 2.05) is 18.2 Å². The van der Waals surface area contributed by atoms with E-state index < -0.39 is 12.8 Å². The third-order valence-electron chi connectivity index (χ3n) is 1.37. The maximum absolute atomic E-state index is 12.4. The lowest BCUT2D eigenvalue weighted by Gasteiger charge is -2.07. The number of halogens is 1. The number of hydrogen-bond donors (Lipinski definition) is 1. The number of aliphatic hydroxyl groups is 1. The van der Waals surface area contributed by atoms with E-state index in [0.29, 0.717) is 5.75 Å². The first-order valence-corrected chi connectivity index (χ1v) is 3.75. The van der Waals surface area contributed by atoms with Crippen LogP contribution < -0.4 is 4.74 Å². The van der Waals surface area contributed by atoms with Crippen LogP contribution in [0.25, 0.3) is 0 Å². The molecule has 0 saturated heterocycles. The molecule has 1 aromatic carbocycles. The molecule has 1 aromatic rings. The Balaban J connectivity index is 2.33. The van der Waals surface area contributed by atoms with E-state index in [2.05, 4.69) is 0 Å². The van der Waals surface area contributed by atoms with Crippen LogP contribution in [0, 0.1) is 0 Å². The molecular weight excluding hydrogens is 159 g/mol. The van der Waals surface area contributed by atoms with Gasteiger partial charge in [0.25, 0.3) is 0 Å². The van der Waals surface area contributed by atoms with Crippen LogP contribution in [0.4, 0.5) is 4.39 Å². The lowest BCUT2D eigenvalue weighted by Crippen LogP contribution is -2.16. The second-order valence-electron chi connectivity index (χ2n) is 2.40. The van der Waals surface area contributed by atoms with Gasteiger partial charge in [0.2, 0.25) is 0 Å². The van der Waals surface area contributed by atoms with E-state index in [1.54, 1.807) is 12.1 Å². The summed E-state index contributed by atoms with van der Waals surface area (Å²) >= 11 is 0. The van der Waals surface area contributed by atoms with Crippen molar-refractivity contribution in [1.82, 2.24) is 0 Å². The fraction of sp³-hybridized carbons (Fsp3) is 0.333. The average molecular weight is 170 g/mol. The Morgan fingerprint density at radius 3 is 2.58 bits per heavy atom. The molecule has 0 fully saturated rings. The lowest BCUT2D eigenvalue weighted by atomic mass is 10.3. The Morgan fingerprint density at radius 2 is 2.00 bits per heavy atom. The highest BCUT2D eigenvalue weighted by atomic mass is 19.1. The van der Waals surface area contributed by atoms with Gasteiger partial charge in [0.1, 0.15) is 12.4 Å². The van der Waals surface area contributed by atoms with E-state index in [9.17, 15) is 4.39 Å². The Labute approximate surface area is 70.6 Å². The summed E-state index contributed by atoms with van der Waals surface area (Å²) in [5.41, 5.74) is 0. The Kier molecular flexibility index (Phi) is 3.54. The van der Waals surface area contributed by atoms with E-state index in [0.717, 1.165) is 0 Å². The van der Waals surface area contributed by atoms with Crippen LogP contribution in [0.3, 0.4) is 0 Å². The minimum Gasteiger partial charge on any atom is -0.490 e. The summed E-state index contributed by atoms with van der Waals surface area (Å²) in [6.45, 7) is -0.590. The summed E-state index contributed by atoms with van der Waals surface area (Å²) in [7, 11) is 0. The maximum Gasteiger partial charge on any atom is 0.157 e. The van der Waals surface area contributed by atoms with Crippen molar-refractivity contribution in [3.8, 4) is 5.75 Å². The Hall–Kier alpha value is -1.09. The molecule has 2 nitrogen and oxygen atoms in total. The van der Waals surface area contributed by atoms with Gasteiger partial charge < -0.3 is 9.84 Å². The van der Waals surface area contributed by atoms with Crippen LogP contribution in [-0.4, -0.2) is 24.5 Å². The first kappa shape index (κ1) is 9.00. The smallest absolute Gasteiger partial charge is 0.157 e. The summed E-state index contributed by atoms with van der Waals surface area (Å²) in [5.74, 6) is 0.619. The predicted molar refractivity (Wildman–Crippen MR) is 43.9 cm³/mol. The van der Waals surface area contributed by atoms with Crippen molar-refractivity contribution in [3.63, 3.8) is 0 Å². The minimum atomic E-state index is -1.30. The zero-order chi connectivity index (χ0) is 8.81. The molecule has 0 spiro atoms. The molecule has 3 heteroatoms. The zero-order valence-electron chi connectivity index (χ0n) is 6.61. The number of para-hydroxylation sites is 1. The summed E-state index contributed by atoms with van der Waals surface area (Å²) in [6, 6.07) is 8.95. The highest BCUT2D eigenvalue weighted by molar-refractivity contribution is 5.20. The number of hydrogen-bond acceptors (Lipinski definition) is 2. The van der Waals surface area contributed by atoms with Crippen molar-refractivity contribution < 1.29 is 14.2 Å². The van der Waals surface area contributed by atoms with E-state index >= 15 is 0 Å². The van der Waals surface area contributed by atoms with Gasteiger partial charge in [0.05, 0.1) is 6.61 Å². The average Bonchev–Trinajstić information content (AvgIpc) is 2.16. The normalized spacial score (nSPS) is 12.5. The van der Waals surface area contributed by atoms with E-state index in [-0.39, 0.29) is 6.61 Å². The van der Waals surface area contributed by atoms with Crippen molar-refractivity contribution in [3.05, 3.63) is 30.3 Å². The summed E-state index contributed by atoms with van der Waals surface area (Å²) in [6.07, 6.45) is -1.30. The summed E-state index contributed by atoms with van der Waals surface area (Å²) in [5, 5.41) is 8.36. The van der Waals surface area contributed by atoms with Crippen LogP contribution in [0.5, 0.6) is 5.75 Å². The Bertz CT molecular complexity index is 213. The maximum atomic E-state index is 12.4. The third-order valence-corrected chi connectivity index (χ3v) is 1.37. The van der Waals surface area contributed by atoms with Gasteiger partial charge in [0, 0.05) is 0 Å². The standard InChI is InChI=1S/C9H11FO2/c10-8(6-11)7-12-9-4-2-1-3-5-9/h1-5,8,11H,6-7H2. The molecule has 0 aliphatic carbocycles. The van der Waals surface area contributed by atoms with Crippen molar-refractivity contribution in [2.45, 2.75) is 6.17 Å². The van der Waals surface area contributed by atoms with Gasteiger partial charge >= 0.3 is 0 Å². The van der Waals surface area contributed by atoms with Crippen molar-refractivity contribution in [2.75, 3.05) is 13.2 Å². The number of alkyl halides is 1.